The summed E-state index contributed by atoms with van der Waals surface area (Å²) in [7, 11) is 0. The van der Waals surface area contributed by atoms with Crippen LogP contribution in [-0.4, -0.2) is 24.4 Å². The summed E-state index contributed by atoms with van der Waals surface area (Å²) < 4.78 is 94.4. The first-order chi connectivity index (χ1) is 14.3. The van der Waals surface area contributed by atoms with E-state index in [0.29, 0.717) is 22.8 Å². The molecule has 0 atom stereocenters. The largest absolute Gasteiger partial charge is 0.487 e. The Hall–Kier alpha value is -2.71. The number of ether oxygens (including phenoxy) is 1. The lowest BCUT2D eigenvalue weighted by atomic mass is 10.1. The second-order valence-corrected chi connectivity index (χ2v) is 6.76. The SMILES string of the molecule is N#Cc1ccc(COc2c(Cl)cc(Cl)cc2/C=N\NC(F)(F)C(F)(F)C(F)(F)F)cc1. The van der Waals surface area contributed by atoms with Crippen LogP contribution in [0.15, 0.2) is 41.5 Å². The van der Waals surface area contributed by atoms with Gasteiger partial charge in [-0.2, -0.15) is 41.1 Å². The van der Waals surface area contributed by atoms with Crippen LogP contribution in [0.5, 0.6) is 5.75 Å². The minimum atomic E-state index is -6.51. The summed E-state index contributed by atoms with van der Waals surface area (Å²) in [5.41, 5.74) is 1.30. The van der Waals surface area contributed by atoms with Crippen LogP contribution in [0.4, 0.5) is 30.7 Å². The molecule has 0 aliphatic carbocycles. The molecule has 0 aromatic heterocycles. The maximum Gasteiger partial charge on any atom is 0.462 e. The van der Waals surface area contributed by atoms with Crippen molar-refractivity contribution in [3.63, 3.8) is 0 Å². The Bertz CT molecular complexity index is 1000. The van der Waals surface area contributed by atoms with E-state index in [0.717, 1.165) is 6.07 Å². The molecule has 0 aliphatic rings. The highest BCUT2D eigenvalue weighted by molar-refractivity contribution is 6.36. The highest BCUT2D eigenvalue weighted by Crippen LogP contribution is 2.45. The Morgan fingerprint density at radius 1 is 1.03 bits per heavy atom. The zero-order chi connectivity index (χ0) is 23.4. The Labute approximate surface area is 180 Å². The fourth-order valence-electron chi connectivity index (χ4n) is 2.09. The van der Waals surface area contributed by atoms with Crippen molar-refractivity contribution in [1.29, 1.82) is 5.26 Å². The van der Waals surface area contributed by atoms with Crippen molar-refractivity contribution in [2.45, 2.75) is 24.8 Å². The van der Waals surface area contributed by atoms with Crippen LogP contribution in [-0.2, 0) is 6.61 Å². The average Bonchev–Trinajstić information content (AvgIpc) is 2.66. The molecule has 0 heterocycles. The number of hydrogen-bond acceptors (Lipinski definition) is 4. The first-order valence-electron chi connectivity index (χ1n) is 8.02. The molecule has 0 bridgehead atoms. The molecule has 0 unspecified atom stereocenters. The number of benzene rings is 2. The van der Waals surface area contributed by atoms with Crippen LogP contribution in [0, 0.1) is 11.3 Å². The standard InChI is InChI=1S/C18H10Cl2F7N3O/c19-13-5-12(8-29-30-18(26,27)16(21,22)17(23,24)25)15(14(20)6-13)31-9-11-3-1-10(7-28)2-4-11/h1-6,8,30H,9H2/b29-8-. The second kappa shape index (κ2) is 9.20. The normalized spacial score (nSPS) is 12.6. The number of halogens is 9. The third-order valence-corrected chi connectivity index (χ3v) is 4.16. The fourth-order valence-corrected chi connectivity index (χ4v) is 2.65. The number of rotatable bonds is 7. The highest BCUT2D eigenvalue weighted by atomic mass is 35.5. The Kier molecular flexibility index (Phi) is 7.28. The van der Waals surface area contributed by atoms with E-state index in [2.05, 4.69) is 5.10 Å². The van der Waals surface area contributed by atoms with E-state index in [9.17, 15) is 30.7 Å². The van der Waals surface area contributed by atoms with Gasteiger partial charge in [0.15, 0.2) is 0 Å². The summed E-state index contributed by atoms with van der Waals surface area (Å²) in [6.45, 7) is -0.108. The smallest absolute Gasteiger partial charge is 0.462 e. The maximum absolute atomic E-state index is 13.3. The third-order valence-electron chi connectivity index (χ3n) is 3.66. The molecule has 1 N–H and O–H groups in total. The molecule has 2 aromatic rings. The fraction of sp³-hybridized carbons (Fsp3) is 0.222. The molecule has 0 radical (unpaired) electrons. The summed E-state index contributed by atoms with van der Waals surface area (Å²) in [4.78, 5) is 0. The summed E-state index contributed by atoms with van der Waals surface area (Å²) >= 11 is 11.8. The number of hydrogen-bond donors (Lipinski definition) is 1. The van der Waals surface area contributed by atoms with Crippen LogP contribution in [0.3, 0.4) is 0 Å². The van der Waals surface area contributed by atoms with E-state index in [1.165, 1.54) is 18.2 Å². The van der Waals surface area contributed by atoms with Gasteiger partial charge in [0.2, 0.25) is 0 Å². The van der Waals surface area contributed by atoms with Gasteiger partial charge in [0, 0.05) is 10.6 Å². The van der Waals surface area contributed by atoms with Crippen LogP contribution in [0.25, 0.3) is 0 Å². The lowest BCUT2D eigenvalue weighted by Gasteiger charge is -2.27. The predicted molar refractivity (Wildman–Crippen MR) is 98.6 cm³/mol. The molecule has 0 fully saturated rings. The first-order valence-corrected chi connectivity index (χ1v) is 8.77. The molecule has 0 spiro atoms. The molecular weight excluding hydrogens is 478 g/mol. The van der Waals surface area contributed by atoms with Crippen molar-refractivity contribution in [2.75, 3.05) is 0 Å². The third kappa shape index (κ3) is 5.71. The minimum absolute atomic E-state index is 0.00967. The summed E-state index contributed by atoms with van der Waals surface area (Å²) in [5.74, 6) is -6.52. The Balaban J connectivity index is 2.23. The quantitative estimate of drug-likeness (QED) is 0.220. The van der Waals surface area contributed by atoms with E-state index in [1.807, 2.05) is 6.07 Å². The van der Waals surface area contributed by atoms with Gasteiger partial charge in [-0.05, 0) is 29.8 Å². The zero-order valence-corrected chi connectivity index (χ0v) is 16.5. The van der Waals surface area contributed by atoms with Gasteiger partial charge >= 0.3 is 18.1 Å². The zero-order valence-electron chi connectivity index (χ0n) is 15.0. The van der Waals surface area contributed by atoms with Crippen LogP contribution in [0.1, 0.15) is 16.7 Å². The molecule has 166 valence electrons. The van der Waals surface area contributed by atoms with Gasteiger partial charge in [-0.1, -0.05) is 35.3 Å². The summed E-state index contributed by atoms with van der Waals surface area (Å²) in [5, 5.41) is 11.4. The second-order valence-electron chi connectivity index (χ2n) is 5.92. The van der Waals surface area contributed by atoms with Gasteiger partial charge in [0.25, 0.3) is 0 Å². The molecule has 0 saturated heterocycles. The Morgan fingerprint density at radius 3 is 2.19 bits per heavy atom. The van der Waals surface area contributed by atoms with Crippen molar-refractivity contribution >= 4 is 29.4 Å². The average molecular weight is 488 g/mol. The van der Waals surface area contributed by atoms with Gasteiger partial charge in [0.05, 0.1) is 22.9 Å². The number of hydrazone groups is 1. The molecule has 4 nitrogen and oxygen atoms in total. The number of alkyl halides is 7. The van der Waals surface area contributed by atoms with Crippen LogP contribution < -0.4 is 10.2 Å². The molecule has 0 aliphatic heterocycles. The van der Waals surface area contributed by atoms with Gasteiger partial charge < -0.3 is 4.74 Å². The molecule has 0 amide bonds. The van der Waals surface area contributed by atoms with Crippen molar-refractivity contribution in [1.82, 2.24) is 5.43 Å². The van der Waals surface area contributed by atoms with E-state index >= 15 is 0 Å². The van der Waals surface area contributed by atoms with Crippen molar-refractivity contribution in [2.24, 2.45) is 5.10 Å². The van der Waals surface area contributed by atoms with E-state index in [-0.39, 0.29) is 28.0 Å². The lowest BCUT2D eigenvalue weighted by molar-refractivity contribution is -0.361. The van der Waals surface area contributed by atoms with Gasteiger partial charge in [-0.3, -0.25) is 0 Å². The van der Waals surface area contributed by atoms with Crippen molar-refractivity contribution in [3.05, 3.63) is 63.1 Å². The monoisotopic (exact) mass is 487 g/mol. The van der Waals surface area contributed by atoms with Crippen LogP contribution in [0.2, 0.25) is 10.0 Å². The predicted octanol–water partition coefficient (Wildman–Crippen LogP) is 6.16. The van der Waals surface area contributed by atoms with Crippen LogP contribution >= 0.6 is 23.2 Å². The number of nitrogens with one attached hydrogen (secondary N) is 1. The van der Waals surface area contributed by atoms with E-state index < -0.39 is 18.1 Å². The highest BCUT2D eigenvalue weighted by Gasteiger charge is 2.73. The van der Waals surface area contributed by atoms with Gasteiger partial charge in [0.1, 0.15) is 12.4 Å². The maximum atomic E-state index is 13.3. The lowest BCUT2D eigenvalue weighted by Crippen LogP contribution is -2.58. The summed E-state index contributed by atoms with van der Waals surface area (Å²) in [6.07, 6.45) is -6.00. The van der Waals surface area contributed by atoms with Crippen molar-refractivity contribution < 1.29 is 35.5 Å². The van der Waals surface area contributed by atoms with E-state index in [1.54, 1.807) is 12.1 Å². The van der Waals surface area contributed by atoms with Crippen molar-refractivity contribution in [3.8, 4) is 11.8 Å². The summed E-state index contributed by atoms with van der Waals surface area (Å²) in [6, 6.07) is 4.70. The molecule has 0 saturated carbocycles. The van der Waals surface area contributed by atoms with E-state index in [4.69, 9.17) is 33.2 Å². The molecule has 2 rings (SSSR count). The first kappa shape index (κ1) is 24.6. The molecule has 2 aromatic carbocycles. The minimum Gasteiger partial charge on any atom is -0.487 e. The molecular formula is C18H10Cl2F7N3O. The number of nitriles is 1. The number of nitrogens with zero attached hydrogens (tertiary/aromatic N) is 2. The Morgan fingerprint density at radius 2 is 1.65 bits per heavy atom. The van der Waals surface area contributed by atoms with Gasteiger partial charge in [-0.15, -0.1) is 0 Å². The topological polar surface area (TPSA) is 57.4 Å². The molecule has 31 heavy (non-hydrogen) atoms. The van der Waals surface area contributed by atoms with Gasteiger partial charge in [-0.25, -0.2) is 5.43 Å². The molecule has 13 heteroatoms.